The first kappa shape index (κ1) is 11.2. The largest absolute Gasteiger partial charge is 0.473 e. The topological polar surface area (TPSA) is 38.3 Å². The molecule has 1 aromatic heterocycles. The lowest BCUT2D eigenvalue weighted by Crippen LogP contribution is -2.38. The summed E-state index contributed by atoms with van der Waals surface area (Å²) in [4.78, 5) is 2.32. The van der Waals surface area contributed by atoms with Crippen LogP contribution in [0.5, 0.6) is 5.88 Å². The van der Waals surface area contributed by atoms with Gasteiger partial charge in [0.1, 0.15) is 12.3 Å². The van der Waals surface area contributed by atoms with Gasteiger partial charge in [0.05, 0.1) is 12.2 Å². The Kier molecular flexibility index (Phi) is 2.99. The van der Waals surface area contributed by atoms with Gasteiger partial charge in [0.2, 0.25) is 0 Å². The average molecular weight is 221 g/mol. The van der Waals surface area contributed by atoms with Gasteiger partial charge in [-0.1, -0.05) is 13.8 Å². The maximum Gasteiger partial charge on any atom is 0.257 e. The van der Waals surface area contributed by atoms with Gasteiger partial charge in [-0.05, 0) is 25.8 Å². The summed E-state index contributed by atoms with van der Waals surface area (Å²) in [6.45, 7) is 10.2. The van der Waals surface area contributed by atoms with E-state index in [1.165, 1.54) is 0 Å². The summed E-state index contributed by atoms with van der Waals surface area (Å²) in [5.74, 6) is 1.07. The molecular formula is C12H19N3O. The lowest BCUT2D eigenvalue weighted by molar-refractivity contribution is 0.286. The highest BCUT2D eigenvalue weighted by Crippen LogP contribution is 2.31. The van der Waals surface area contributed by atoms with E-state index in [-0.39, 0.29) is 0 Å². The van der Waals surface area contributed by atoms with Gasteiger partial charge < -0.3 is 9.64 Å². The number of nitrogens with zero attached hydrogens (tertiary/aromatic N) is 3. The van der Waals surface area contributed by atoms with Crippen LogP contribution in [0.3, 0.4) is 0 Å². The molecule has 4 heteroatoms. The second-order valence-corrected chi connectivity index (χ2v) is 4.75. The van der Waals surface area contributed by atoms with Crippen molar-refractivity contribution in [2.24, 2.45) is 0 Å². The highest BCUT2D eigenvalue weighted by Gasteiger charge is 2.22. The molecule has 4 nitrogen and oxygen atoms in total. The van der Waals surface area contributed by atoms with Crippen molar-refractivity contribution in [1.29, 1.82) is 0 Å². The zero-order chi connectivity index (χ0) is 11.7. The standard InChI is InChI=1S/C12H19N3O/c1-8(2)10-7-11-12(14-13-10)16-6-5-15(11)9(3)4/h7-9H,5-6H2,1-4H3. The van der Waals surface area contributed by atoms with Crippen molar-refractivity contribution < 1.29 is 4.74 Å². The zero-order valence-corrected chi connectivity index (χ0v) is 10.4. The van der Waals surface area contributed by atoms with Gasteiger partial charge in [-0.3, -0.25) is 0 Å². The molecule has 0 amide bonds. The van der Waals surface area contributed by atoms with E-state index in [0.717, 1.165) is 17.9 Å². The molecule has 16 heavy (non-hydrogen) atoms. The summed E-state index contributed by atoms with van der Waals surface area (Å²) in [6, 6.07) is 2.57. The predicted molar refractivity (Wildman–Crippen MR) is 64.1 cm³/mol. The van der Waals surface area contributed by atoms with E-state index in [9.17, 15) is 0 Å². The molecule has 0 unspecified atom stereocenters. The van der Waals surface area contributed by atoms with Crippen LogP contribution in [-0.2, 0) is 0 Å². The van der Waals surface area contributed by atoms with Gasteiger partial charge >= 0.3 is 0 Å². The van der Waals surface area contributed by atoms with Crippen LogP contribution in [-0.4, -0.2) is 29.4 Å². The number of hydrogen-bond acceptors (Lipinski definition) is 4. The Morgan fingerprint density at radius 1 is 1.25 bits per heavy atom. The molecule has 1 aromatic rings. The summed E-state index contributed by atoms with van der Waals surface area (Å²) < 4.78 is 5.52. The molecule has 1 aliphatic heterocycles. The fourth-order valence-corrected chi connectivity index (χ4v) is 1.87. The van der Waals surface area contributed by atoms with Crippen LogP contribution >= 0.6 is 0 Å². The maximum atomic E-state index is 5.52. The lowest BCUT2D eigenvalue weighted by atomic mass is 10.1. The maximum absolute atomic E-state index is 5.52. The number of anilines is 1. The molecule has 0 aromatic carbocycles. The van der Waals surface area contributed by atoms with Gasteiger partial charge in [0.25, 0.3) is 5.88 Å². The minimum Gasteiger partial charge on any atom is -0.473 e. The van der Waals surface area contributed by atoms with Gasteiger partial charge in [-0.15, -0.1) is 5.10 Å². The molecule has 88 valence electrons. The van der Waals surface area contributed by atoms with Gasteiger partial charge in [-0.25, -0.2) is 0 Å². The quantitative estimate of drug-likeness (QED) is 0.767. The minimum absolute atomic E-state index is 0.397. The van der Waals surface area contributed by atoms with Crippen molar-refractivity contribution in [1.82, 2.24) is 10.2 Å². The lowest BCUT2D eigenvalue weighted by Gasteiger charge is -2.33. The van der Waals surface area contributed by atoms with Crippen molar-refractivity contribution >= 4 is 5.69 Å². The second kappa shape index (κ2) is 4.28. The van der Waals surface area contributed by atoms with Crippen LogP contribution in [0.25, 0.3) is 0 Å². The second-order valence-electron chi connectivity index (χ2n) is 4.75. The van der Waals surface area contributed by atoms with E-state index in [1.807, 2.05) is 0 Å². The molecule has 2 rings (SSSR count). The van der Waals surface area contributed by atoms with Crippen molar-refractivity contribution in [2.45, 2.75) is 39.7 Å². The smallest absolute Gasteiger partial charge is 0.257 e. The predicted octanol–water partition coefficient (Wildman–Crippen LogP) is 2.21. The van der Waals surface area contributed by atoms with Crippen LogP contribution in [0.1, 0.15) is 39.3 Å². The number of rotatable bonds is 2. The Morgan fingerprint density at radius 3 is 2.62 bits per heavy atom. The van der Waals surface area contributed by atoms with Crippen LogP contribution in [0.2, 0.25) is 0 Å². The SMILES string of the molecule is CC(C)c1cc2c(nn1)OCCN2C(C)C. The zero-order valence-electron chi connectivity index (χ0n) is 10.4. The third-order valence-corrected chi connectivity index (χ3v) is 2.86. The van der Waals surface area contributed by atoms with E-state index in [0.29, 0.717) is 24.4 Å². The highest BCUT2D eigenvalue weighted by atomic mass is 16.5. The summed E-state index contributed by atoms with van der Waals surface area (Å²) in [7, 11) is 0. The summed E-state index contributed by atoms with van der Waals surface area (Å²) in [5, 5.41) is 8.34. The first-order valence-electron chi connectivity index (χ1n) is 5.86. The molecule has 1 aliphatic rings. The van der Waals surface area contributed by atoms with Gasteiger partial charge in [0, 0.05) is 6.04 Å². The molecule has 0 spiro atoms. The number of hydrogen-bond donors (Lipinski definition) is 0. The Morgan fingerprint density at radius 2 is 2.00 bits per heavy atom. The number of aromatic nitrogens is 2. The van der Waals surface area contributed by atoms with Crippen molar-refractivity contribution in [3.8, 4) is 5.88 Å². The van der Waals surface area contributed by atoms with E-state index >= 15 is 0 Å². The molecule has 0 saturated heterocycles. The highest BCUT2D eigenvalue weighted by molar-refractivity contribution is 5.57. The van der Waals surface area contributed by atoms with Crippen molar-refractivity contribution in [2.75, 3.05) is 18.1 Å². The normalized spacial score (nSPS) is 15.2. The Hall–Kier alpha value is -1.32. The molecule has 0 saturated carbocycles. The van der Waals surface area contributed by atoms with Gasteiger partial charge in [0.15, 0.2) is 0 Å². The molecular weight excluding hydrogens is 202 g/mol. The molecule has 0 aliphatic carbocycles. The number of fused-ring (bicyclic) bond motifs is 1. The third-order valence-electron chi connectivity index (χ3n) is 2.86. The van der Waals surface area contributed by atoms with Crippen LogP contribution in [0.15, 0.2) is 6.07 Å². The first-order chi connectivity index (χ1) is 7.59. The van der Waals surface area contributed by atoms with Crippen LogP contribution in [0.4, 0.5) is 5.69 Å². The Balaban J connectivity index is 2.40. The van der Waals surface area contributed by atoms with Crippen molar-refractivity contribution in [3.63, 3.8) is 0 Å². The third kappa shape index (κ3) is 1.96. The molecule has 0 bridgehead atoms. The van der Waals surface area contributed by atoms with E-state index in [4.69, 9.17) is 4.74 Å². The molecule has 2 heterocycles. The number of ether oxygens (including phenoxy) is 1. The molecule has 0 radical (unpaired) electrons. The molecule has 0 N–H and O–H groups in total. The van der Waals surface area contributed by atoms with E-state index in [1.54, 1.807) is 0 Å². The first-order valence-corrected chi connectivity index (χ1v) is 5.86. The average Bonchev–Trinajstić information content (AvgIpc) is 2.27. The van der Waals surface area contributed by atoms with E-state index < -0.39 is 0 Å². The fraction of sp³-hybridized carbons (Fsp3) is 0.667. The van der Waals surface area contributed by atoms with E-state index in [2.05, 4.69) is 48.9 Å². The summed E-state index contributed by atoms with van der Waals surface area (Å²) in [5.41, 5.74) is 2.11. The Labute approximate surface area is 96.6 Å². The summed E-state index contributed by atoms with van der Waals surface area (Å²) >= 11 is 0. The molecule has 0 fully saturated rings. The molecule has 0 atom stereocenters. The summed E-state index contributed by atoms with van der Waals surface area (Å²) in [6.07, 6.45) is 0. The van der Waals surface area contributed by atoms with Crippen LogP contribution < -0.4 is 9.64 Å². The van der Waals surface area contributed by atoms with Crippen molar-refractivity contribution in [3.05, 3.63) is 11.8 Å². The Bertz CT molecular complexity index is 377. The fourth-order valence-electron chi connectivity index (χ4n) is 1.87. The van der Waals surface area contributed by atoms with Crippen LogP contribution in [0, 0.1) is 0 Å². The monoisotopic (exact) mass is 221 g/mol. The minimum atomic E-state index is 0.397. The van der Waals surface area contributed by atoms with Gasteiger partial charge in [-0.2, -0.15) is 5.10 Å².